The molecule has 2 aromatic carbocycles. The Labute approximate surface area is 188 Å². The molecule has 142 valence electrons. The Balaban J connectivity index is 1.66. The van der Waals surface area contributed by atoms with Crippen LogP contribution in [0.2, 0.25) is 15.1 Å². The molecule has 0 radical (unpaired) electrons. The average molecular weight is 488 g/mol. The highest BCUT2D eigenvalue weighted by molar-refractivity contribution is 8.01. The number of amides is 1. The Kier molecular flexibility index (Phi) is 6.99. The summed E-state index contributed by atoms with van der Waals surface area (Å²) in [6, 6.07) is 11.8. The molecule has 0 aliphatic carbocycles. The third kappa shape index (κ3) is 5.06. The highest BCUT2D eigenvalue weighted by Crippen LogP contribution is 2.28. The number of anilines is 1. The van der Waals surface area contributed by atoms with Crippen molar-refractivity contribution in [3.8, 4) is 11.8 Å². The number of nitriles is 1. The van der Waals surface area contributed by atoms with Crippen molar-refractivity contribution in [2.75, 3.05) is 11.1 Å². The summed E-state index contributed by atoms with van der Waals surface area (Å²) < 4.78 is 2.74. The van der Waals surface area contributed by atoms with Crippen LogP contribution in [0.1, 0.15) is 5.56 Å². The van der Waals surface area contributed by atoms with E-state index in [2.05, 4.69) is 10.4 Å². The number of carbonyl (C=O) groups excluding carboxylic acids is 1. The number of benzene rings is 2. The number of nitrogens with zero attached hydrogens (tertiary/aromatic N) is 3. The predicted octanol–water partition coefficient (Wildman–Crippen LogP) is 6.23. The second-order valence-electron chi connectivity index (χ2n) is 5.29. The minimum absolute atomic E-state index is 0.140. The predicted molar refractivity (Wildman–Crippen MR) is 118 cm³/mol. The van der Waals surface area contributed by atoms with Crippen molar-refractivity contribution in [2.24, 2.45) is 0 Å². The maximum absolute atomic E-state index is 12.2. The lowest BCUT2D eigenvalue weighted by molar-refractivity contribution is -0.113. The molecule has 3 rings (SSSR count). The van der Waals surface area contributed by atoms with Crippen LogP contribution in [0.15, 0.2) is 40.7 Å². The lowest BCUT2D eigenvalue weighted by Crippen LogP contribution is -2.14. The van der Waals surface area contributed by atoms with Gasteiger partial charge in [-0.3, -0.25) is 4.79 Å². The van der Waals surface area contributed by atoms with E-state index < -0.39 is 0 Å². The molecule has 0 aliphatic heterocycles. The van der Waals surface area contributed by atoms with E-state index in [4.69, 9.17) is 52.3 Å². The molecule has 1 heterocycles. The van der Waals surface area contributed by atoms with Crippen molar-refractivity contribution in [2.45, 2.75) is 4.34 Å². The van der Waals surface area contributed by atoms with E-state index in [0.29, 0.717) is 35.3 Å². The van der Waals surface area contributed by atoms with E-state index in [1.807, 2.05) is 6.07 Å². The van der Waals surface area contributed by atoms with Crippen LogP contribution in [0.5, 0.6) is 0 Å². The lowest BCUT2D eigenvalue weighted by Gasteiger charge is -2.05. The number of carbonyl (C=O) groups is 1. The highest BCUT2D eigenvalue weighted by Gasteiger charge is 2.11. The second kappa shape index (κ2) is 9.27. The van der Waals surface area contributed by atoms with Crippen LogP contribution in [0.25, 0.3) is 5.69 Å². The maximum Gasteiger partial charge on any atom is 0.234 e. The standard InChI is InChI=1S/C17H9Cl3N4OS3/c18-12-4-3-11(6-14(12)20)24-17(26)28-16(23-24)27-8-15(25)22-10-2-1-9(7-21)13(19)5-10/h1-6H,8H2,(H,22,25). The average Bonchev–Trinajstić information content (AvgIpc) is 3.03. The van der Waals surface area contributed by atoms with E-state index in [-0.39, 0.29) is 16.7 Å². The first-order valence-electron chi connectivity index (χ1n) is 7.55. The van der Waals surface area contributed by atoms with Crippen molar-refractivity contribution in [1.82, 2.24) is 9.78 Å². The molecule has 5 nitrogen and oxygen atoms in total. The lowest BCUT2D eigenvalue weighted by atomic mass is 10.2. The van der Waals surface area contributed by atoms with Crippen molar-refractivity contribution in [3.05, 3.63) is 61.0 Å². The summed E-state index contributed by atoms with van der Waals surface area (Å²) in [5.41, 5.74) is 1.56. The van der Waals surface area contributed by atoms with E-state index in [9.17, 15) is 4.79 Å². The number of hydrogen-bond donors (Lipinski definition) is 1. The molecule has 0 bridgehead atoms. The van der Waals surface area contributed by atoms with Gasteiger partial charge in [0, 0.05) is 5.69 Å². The molecule has 1 N–H and O–H groups in total. The zero-order valence-electron chi connectivity index (χ0n) is 13.8. The van der Waals surface area contributed by atoms with Crippen LogP contribution in [0, 0.1) is 15.3 Å². The molecule has 0 spiro atoms. The molecule has 0 fully saturated rings. The summed E-state index contributed by atoms with van der Waals surface area (Å²) in [4.78, 5) is 12.2. The van der Waals surface area contributed by atoms with Crippen molar-refractivity contribution < 1.29 is 4.79 Å². The van der Waals surface area contributed by atoms with Gasteiger partial charge in [-0.1, -0.05) is 57.9 Å². The topological polar surface area (TPSA) is 70.7 Å². The Hall–Kier alpha value is -1.60. The van der Waals surface area contributed by atoms with Gasteiger partial charge >= 0.3 is 0 Å². The van der Waals surface area contributed by atoms with Gasteiger partial charge in [-0.15, -0.1) is 5.10 Å². The fourth-order valence-electron chi connectivity index (χ4n) is 2.11. The van der Waals surface area contributed by atoms with E-state index in [1.54, 1.807) is 35.0 Å². The summed E-state index contributed by atoms with van der Waals surface area (Å²) >= 11 is 25.8. The zero-order valence-corrected chi connectivity index (χ0v) is 18.5. The first-order valence-corrected chi connectivity index (χ1v) is 10.9. The number of nitrogens with one attached hydrogen (secondary N) is 1. The summed E-state index contributed by atoms with van der Waals surface area (Å²) in [5.74, 6) is -0.0886. The van der Waals surface area contributed by atoms with Gasteiger partial charge < -0.3 is 5.32 Å². The summed E-state index contributed by atoms with van der Waals surface area (Å²) in [7, 11) is 0. The van der Waals surface area contributed by atoms with Gasteiger partial charge in [0.25, 0.3) is 0 Å². The monoisotopic (exact) mass is 486 g/mol. The molecular weight excluding hydrogens is 479 g/mol. The first kappa shape index (κ1) is 21.1. The van der Waals surface area contributed by atoms with E-state index in [1.165, 1.54) is 29.2 Å². The van der Waals surface area contributed by atoms with Gasteiger partial charge in [0.2, 0.25) is 5.91 Å². The SMILES string of the molecule is N#Cc1ccc(NC(=O)CSc2nn(-c3ccc(Cl)c(Cl)c3)c(=S)s2)cc1Cl. The van der Waals surface area contributed by atoms with Gasteiger partial charge in [-0.25, -0.2) is 4.68 Å². The van der Waals surface area contributed by atoms with Gasteiger partial charge in [-0.05, 0) is 48.6 Å². The van der Waals surface area contributed by atoms with Crippen LogP contribution >= 0.6 is 70.1 Å². The number of thioether (sulfide) groups is 1. The smallest absolute Gasteiger partial charge is 0.234 e. The number of halogens is 3. The van der Waals surface area contributed by atoms with Crippen LogP contribution in [-0.2, 0) is 4.79 Å². The molecule has 0 saturated carbocycles. The minimum Gasteiger partial charge on any atom is -0.325 e. The Morgan fingerprint density at radius 2 is 2.00 bits per heavy atom. The molecule has 0 saturated heterocycles. The Morgan fingerprint density at radius 3 is 2.68 bits per heavy atom. The Bertz CT molecular complexity index is 1150. The molecule has 11 heteroatoms. The van der Waals surface area contributed by atoms with E-state index in [0.717, 1.165) is 0 Å². The maximum atomic E-state index is 12.2. The van der Waals surface area contributed by atoms with Crippen molar-refractivity contribution >= 4 is 81.7 Å². The van der Waals surface area contributed by atoms with Gasteiger partial charge in [0.05, 0.1) is 32.1 Å². The largest absolute Gasteiger partial charge is 0.325 e. The van der Waals surface area contributed by atoms with Crippen LogP contribution < -0.4 is 5.32 Å². The van der Waals surface area contributed by atoms with Gasteiger partial charge in [-0.2, -0.15) is 5.26 Å². The molecule has 3 aromatic rings. The number of aromatic nitrogens is 2. The molecular formula is C17H9Cl3N4OS3. The zero-order chi connectivity index (χ0) is 20.3. The third-order valence-electron chi connectivity index (χ3n) is 3.38. The Morgan fingerprint density at radius 1 is 1.21 bits per heavy atom. The number of rotatable bonds is 5. The molecule has 0 aliphatic rings. The summed E-state index contributed by atoms with van der Waals surface area (Å²) in [6.45, 7) is 0. The quantitative estimate of drug-likeness (QED) is 0.341. The minimum atomic E-state index is -0.229. The summed E-state index contributed by atoms with van der Waals surface area (Å²) in [5, 5.41) is 17.2. The molecule has 0 unspecified atom stereocenters. The van der Waals surface area contributed by atoms with Crippen molar-refractivity contribution in [3.63, 3.8) is 0 Å². The summed E-state index contributed by atoms with van der Waals surface area (Å²) in [6.07, 6.45) is 0. The molecule has 0 atom stereocenters. The van der Waals surface area contributed by atoms with Crippen LogP contribution in [0.3, 0.4) is 0 Å². The highest BCUT2D eigenvalue weighted by atomic mass is 35.5. The molecule has 28 heavy (non-hydrogen) atoms. The fraction of sp³-hybridized carbons (Fsp3) is 0.0588. The molecule has 1 aromatic heterocycles. The van der Waals surface area contributed by atoms with Crippen LogP contribution in [0.4, 0.5) is 5.69 Å². The van der Waals surface area contributed by atoms with Crippen molar-refractivity contribution in [1.29, 1.82) is 5.26 Å². The second-order valence-corrected chi connectivity index (χ2v) is 9.35. The third-order valence-corrected chi connectivity index (χ3v) is 6.79. The van der Waals surface area contributed by atoms with Gasteiger partial charge in [0.1, 0.15) is 6.07 Å². The fourth-order valence-corrected chi connectivity index (χ4v) is 4.78. The number of hydrogen-bond acceptors (Lipinski definition) is 6. The van der Waals surface area contributed by atoms with Crippen LogP contribution in [-0.4, -0.2) is 21.4 Å². The first-order chi connectivity index (χ1) is 13.4. The van der Waals surface area contributed by atoms with E-state index >= 15 is 0 Å². The van der Waals surface area contributed by atoms with Gasteiger partial charge in [0.15, 0.2) is 8.29 Å². The normalized spacial score (nSPS) is 10.5. The molecule has 1 amide bonds.